The minimum atomic E-state index is -0.615. The maximum atomic E-state index is 13.7. The van der Waals surface area contributed by atoms with E-state index in [0.717, 1.165) is 40.8 Å². The number of rotatable bonds is 7. The number of hydrogen-bond acceptors (Lipinski definition) is 8. The Hall–Kier alpha value is -4.59. The molecule has 0 spiro atoms. The second-order valence-corrected chi connectivity index (χ2v) is 11.5. The summed E-state index contributed by atoms with van der Waals surface area (Å²) < 4.78 is 19.1. The molecule has 2 fully saturated rings. The number of nitrogens with zero attached hydrogens (tertiary/aromatic N) is 6. The molecule has 0 N–H and O–H groups in total. The predicted molar refractivity (Wildman–Crippen MR) is 154 cm³/mol. The van der Waals surface area contributed by atoms with Crippen LogP contribution in [0.2, 0.25) is 0 Å². The van der Waals surface area contributed by atoms with Gasteiger partial charge >= 0.3 is 0 Å². The first kappa shape index (κ1) is 26.3. The lowest BCUT2D eigenvalue weighted by Crippen LogP contribution is -2.25. The summed E-state index contributed by atoms with van der Waals surface area (Å²) in [6, 6.07) is 17.4. The molecule has 0 unspecified atom stereocenters. The zero-order chi connectivity index (χ0) is 29.0. The van der Waals surface area contributed by atoms with E-state index in [9.17, 15) is 10.1 Å². The van der Waals surface area contributed by atoms with E-state index in [-0.39, 0.29) is 12.0 Å². The molecule has 4 heterocycles. The number of benzene rings is 2. The third-order valence-electron chi connectivity index (χ3n) is 7.79. The summed E-state index contributed by atoms with van der Waals surface area (Å²) >= 11 is 0. The van der Waals surface area contributed by atoms with Crippen LogP contribution in [0.4, 0.5) is 5.82 Å². The largest absolute Gasteiger partial charge is 0.491 e. The second-order valence-electron chi connectivity index (χ2n) is 11.5. The molecule has 0 radical (unpaired) electrons. The van der Waals surface area contributed by atoms with Gasteiger partial charge in [0.2, 0.25) is 0 Å². The summed E-state index contributed by atoms with van der Waals surface area (Å²) in [6.07, 6.45) is 3.61. The molecule has 0 bridgehead atoms. The van der Waals surface area contributed by atoms with Gasteiger partial charge in [-0.05, 0) is 79.8 Å². The van der Waals surface area contributed by atoms with Crippen LogP contribution in [-0.4, -0.2) is 50.8 Å². The normalized spacial score (nSPS) is 19.1. The highest BCUT2D eigenvalue weighted by Gasteiger charge is 2.34. The van der Waals surface area contributed by atoms with Gasteiger partial charge in [0.1, 0.15) is 30.6 Å². The van der Waals surface area contributed by atoms with Crippen molar-refractivity contribution in [2.45, 2.75) is 51.0 Å². The van der Waals surface area contributed by atoms with Crippen LogP contribution in [0.15, 0.2) is 54.9 Å². The van der Waals surface area contributed by atoms with E-state index in [2.05, 4.69) is 22.2 Å². The number of nitriles is 1. The Bertz CT molecular complexity index is 1750. The number of carbonyl (C=O) groups is 1. The number of aryl methyl sites for hydroxylation is 1. The van der Waals surface area contributed by atoms with Crippen LogP contribution in [0.1, 0.15) is 59.8 Å². The molecule has 4 aromatic rings. The third-order valence-corrected chi connectivity index (χ3v) is 7.79. The molecule has 212 valence electrons. The van der Waals surface area contributed by atoms with Crippen molar-refractivity contribution in [2.24, 2.45) is 7.05 Å². The van der Waals surface area contributed by atoms with E-state index in [4.69, 9.17) is 19.2 Å². The fourth-order valence-electron chi connectivity index (χ4n) is 5.52. The number of aromatic nitrogens is 4. The molecule has 42 heavy (non-hydrogen) atoms. The van der Waals surface area contributed by atoms with Crippen LogP contribution in [0.3, 0.4) is 0 Å². The number of pyridine rings is 1. The quantitative estimate of drug-likeness (QED) is 0.310. The molecular formula is C32H30N6O4. The molecule has 10 nitrogen and oxygen atoms in total. The van der Waals surface area contributed by atoms with Crippen LogP contribution in [-0.2, 0) is 23.1 Å². The summed E-state index contributed by atoms with van der Waals surface area (Å²) in [5.41, 5.74) is 5.55. The van der Waals surface area contributed by atoms with Crippen LogP contribution in [0.25, 0.3) is 22.5 Å². The van der Waals surface area contributed by atoms with Crippen LogP contribution < -0.4 is 9.64 Å². The molecule has 1 atom stereocenters. The lowest BCUT2D eigenvalue weighted by Gasteiger charge is -2.18. The van der Waals surface area contributed by atoms with Gasteiger partial charge in [0.15, 0.2) is 11.6 Å². The molecular weight excluding hydrogens is 532 g/mol. The topological polar surface area (TPSA) is 115 Å². The third kappa shape index (κ3) is 5.02. The van der Waals surface area contributed by atoms with Crippen molar-refractivity contribution in [3.8, 4) is 34.3 Å². The highest BCUT2D eigenvalue weighted by molar-refractivity contribution is 6.10. The maximum absolute atomic E-state index is 13.7. The number of amides is 1. The molecule has 1 saturated carbocycles. The Morgan fingerprint density at radius 1 is 1.10 bits per heavy atom. The van der Waals surface area contributed by atoms with Crippen molar-refractivity contribution < 1.29 is 19.0 Å². The summed E-state index contributed by atoms with van der Waals surface area (Å²) in [5.74, 6) is 1.38. The summed E-state index contributed by atoms with van der Waals surface area (Å²) in [5, 5.41) is 14.1. The molecule has 2 aromatic heterocycles. The van der Waals surface area contributed by atoms with Crippen LogP contribution in [0, 0.1) is 11.3 Å². The molecule has 2 aromatic carbocycles. The van der Waals surface area contributed by atoms with Gasteiger partial charge in [-0.1, -0.05) is 12.1 Å². The van der Waals surface area contributed by atoms with E-state index in [1.54, 1.807) is 28.0 Å². The van der Waals surface area contributed by atoms with Crippen LogP contribution >= 0.6 is 0 Å². The number of fused-ring (bicyclic) bond motifs is 1. The second kappa shape index (κ2) is 10.0. The lowest BCUT2D eigenvalue weighted by atomic mass is 9.96. The van der Waals surface area contributed by atoms with Gasteiger partial charge in [0.05, 0.1) is 24.8 Å². The van der Waals surface area contributed by atoms with Gasteiger partial charge in [0.25, 0.3) is 5.91 Å². The van der Waals surface area contributed by atoms with Gasteiger partial charge in [-0.15, -0.1) is 0 Å². The number of anilines is 1. The van der Waals surface area contributed by atoms with E-state index < -0.39 is 5.79 Å². The van der Waals surface area contributed by atoms with Gasteiger partial charge in [0, 0.05) is 29.8 Å². The molecule has 2 aliphatic heterocycles. The number of ether oxygens (including phenoxy) is 3. The molecule has 10 heteroatoms. The summed E-state index contributed by atoms with van der Waals surface area (Å²) in [6.45, 7) is 4.99. The van der Waals surface area contributed by atoms with Gasteiger partial charge in [-0.3, -0.25) is 14.4 Å². The minimum Gasteiger partial charge on any atom is -0.491 e. The van der Waals surface area contributed by atoms with Crippen molar-refractivity contribution in [2.75, 3.05) is 18.1 Å². The molecule has 7 rings (SSSR count). The van der Waals surface area contributed by atoms with Crippen molar-refractivity contribution in [3.05, 3.63) is 77.2 Å². The highest BCUT2D eigenvalue weighted by atomic mass is 16.7. The SMILES string of the molecule is Cn1cnc(-c2cc(C#N)ccc2-c2cc(C3CC3)nc(N3Cc4ccc(OC[C@H]5COC(C)(C)O5)cc4C3=O)c2)n1. The first-order valence-corrected chi connectivity index (χ1v) is 14.1. The first-order valence-electron chi connectivity index (χ1n) is 14.1. The van der Waals surface area contributed by atoms with Gasteiger partial charge < -0.3 is 14.2 Å². The Balaban J connectivity index is 1.20. The zero-order valence-electron chi connectivity index (χ0n) is 23.7. The van der Waals surface area contributed by atoms with E-state index in [0.29, 0.717) is 54.2 Å². The average Bonchev–Trinajstić information content (AvgIpc) is 3.55. The van der Waals surface area contributed by atoms with Crippen molar-refractivity contribution in [1.82, 2.24) is 19.7 Å². The standard InChI is InChI=1S/C32H30N6O4/c1-32(2)41-17-24(42-32)16-40-23-8-7-21-15-38(31(39)26(21)13-23)29-12-22(11-28(35-29)20-5-6-20)25-9-4-19(14-33)10-27(25)30-34-18-37(3)36-30/h4,7-13,18,20,24H,5-6,15-17H2,1-3H3/t24-/m0/s1. The van der Waals surface area contributed by atoms with Gasteiger partial charge in [-0.25, -0.2) is 9.97 Å². The zero-order valence-corrected chi connectivity index (χ0v) is 23.7. The van der Waals surface area contributed by atoms with E-state index in [1.165, 1.54) is 0 Å². The molecule has 1 saturated heterocycles. The minimum absolute atomic E-state index is 0.116. The Morgan fingerprint density at radius 2 is 1.95 bits per heavy atom. The fourth-order valence-corrected chi connectivity index (χ4v) is 5.52. The monoisotopic (exact) mass is 562 g/mol. The Labute approximate surface area is 243 Å². The van der Waals surface area contributed by atoms with Crippen molar-refractivity contribution >= 4 is 11.7 Å². The predicted octanol–water partition coefficient (Wildman–Crippen LogP) is 4.98. The van der Waals surface area contributed by atoms with Gasteiger partial charge in [-0.2, -0.15) is 10.4 Å². The smallest absolute Gasteiger partial charge is 0.260 e. The van der Waals surface area contributed by atoms with Crippen LogP contribution in [0.5, 0.6) is 5.75 Å². The first-order chi connectivity index (χ1) is 20.3. The highest BCUT2D eigenvalue weighted by Crippen LogP contribution is 2.43. The van der Waals surface area contributed by atoms with E-state index >= 15 is 0 Å². The van der Waals surface area contributed by atoms with E-state index in [1.807, 2.05) is 51.2 Å². The number of carbonyl (C=O) groups excluding carboxylic acids is 1. The Kier molecular flexibility index (Phi) is 6.30. The lowest BCUT2D eigenvalue weighted by molar-refractivity contribution is -0.141. The fraction of sp³-hybridized carbons (Fsp3) is 0.344. The number of hydrogen-bond donors (Lipinski definition) is 0. The Morgan fingerprint density at radius 3 is 2.67 bits per heavy atom. The van der Waals surface area contributed by atoms with Crippen molar-refractivity contribution in [1.29, 1.82) is 5.26 Å². The molecule has 3 aliphatic rings. The maximum Gasteiger partial charge on any atom is 0.260 e. The molecule has 1 aliphatic carbocycles. The summed E-state index contributed by atoms with van der Waals surface area (Å²) in [4.78, 5) is 24.9. The molecule has 1 amide bonds. The van der Waals surface area contributed by atoms with Crippen molar-refractivity contribution in [3.63, 3.8) is 0 Å². The average molecular weight is 563 g/mol. The summed E-state index contributed by atoms with van der Waals surface area (Å²) in [7, 11) is 1.81.